The summed E-state index contributed by atoms with van der Waals surface area (Å²) in [6.45, 7) is 1.83. The summed E-state index contributed by atoms with van der Waals surface area (Å²) in [6, 6.07) is 3.50. The minimum absolute atomic E-state index is 0.364. The van der Waals surface area contributed by atoms with Gasteiger partial charge in [0.2, 0.25) is 0 Å². The Kier molecular flexibility index (Phi) is 1.60. The Morgan fingerprint density at radius 3 is 3.06 bits per heavy atom. The number of furan rings is 1. The van der Waals surface area contributed by atoms with E-state index >= 15 is 0 Å². The minimum Gasteiger partial charge on any atom is -0.460 e. The molecule has 3 aromatic rings. The zero-order chi connectivity index (χ0) is 11.3. The molecule has 0 aliphatic heterocycles. The fraction of sp³-hybridized carbons (Fsp3) is 0.0909. The van der Waals surface area contributed by atoms with Gasteiger partial charge in [-0.2, -0.15) is 0 Å². The highest BCUT2D eigenvalue weighted by Gasteiger charge is 2.15. The summed E-state index contributed by atoms with van der Waals surface area (Å²) in [5.74, 6) is 0.226. The van der Waals surface area contributed by atoms with Gasteiger partial charge in [-0.25, -0.2) is 4.98 Å². The number of benzene rings is 1. The molecule has 0 atom stereocenters. The van der Waals surface area contributed by atoms with Crippen LogP contribution in [0.25, 0.3) is 22.0 Å². The number of nitrogens with two attached hydrogens (primary N) is 1. The van der Waals surface area contributed by atoms with Crippen LogP contribution in [0.2, 0.25) is 0 Å². The van der Waals surface area contributed by atoms with Gasteiger partial charge in [-0.1, -0.05) is 0 Å². The van der Waals surface area contributed by atoms with Crippen LogP contribution in [0, 0.1) is 6.92 Å². The summed E-state index contributed by atoms with van der Waals surface area (Å²) < 4.78 is 5.49. The number of hydrogen-bond donors (Lipinski definition) is 2. The van der Waals surface area contributed by atoms with Gasteiger partial charge in [0.15, 0.2) is 0 Å². The third-order valence-electron chi connectivity index (χ3n) is 2.58. The first-order valence-electron chi connectivity index (χ1n) is 4.83. The molecule has 3 N–H and O–H groups in total. The minimum atomic E-state index is -0.510. The van der Waals surface area contributed by atoms with Gasteiger partial charge in [-0.3, -0.25) is 4.79 Å². The number of aromatic amines is 1. The zero-order valence-corrected chi connectivity index (χ0v) is 8.57. The van der Waals surface area contributed by atoms with E-state index in [2.05, 4.69) is 9.97 Å². The van der Waals surface area contributed by atoms with Gasteiger partial charge in [-0.05, 0) is 19.1 Å². The van der Waals surface area contributed by atoms with E-state index in [1.807, 2.05) is 13.0 Å². The summed E-state index contributed by atoms with van der Waals surface area (Å²) in [5, 5.41) is 0.835. The molecule has 0 unspecified atom stereocenters. The van der Waals surface area contributed by atoms with Crippen molar-refractivity contribution in [2.75, 3.05) is 0 Å². The Bertz CT molecular complexity index is 708. The van der Waals surface area contributed by atoms with Crippen LogP contribution in [-0.2, 0) is 0 Å². The van der Waals surface area contributed by atoms with Crippen LogP contribution in [0.5, 0.6) is 0 Å². The number of carbonyl (C=O) groups excluding carboxylic acids is 1. The maximum Gasteiger partial charge on any atom is 0.252 e. The molecule has 16 heavy (non-hydrogen) atoms. The smallest absolute Gasteiger partial charge is 0.252 e. The topological polar surface area (TPSA) is 84.9 Å². The van der Waals surface area contributed by atoms with E-state index in [-0.39, 0.29) is 0 Å². The average Bonchev–Trinajstić information content (AvgIpc) is 2.79. The summed E-state index contributed by atoms with van der Waals surface area (Å²) in [6.07, 6.45) is 1.58. The predicted octanol–water partition coefficient (Wildman–Crippen LogP) is 1.72. The first-order chi connectivity index (χ1) is 7.66. The van der Waals surface area contributed by atoms with E-state index in [9.17, 15) is 4.79 Å². The average molecular weight is 215 g/mol. The maximum atomic E-state index is 11.3. The summed E-state index contributed by atoms with van der Waals surface area (Å²) in [5.41, 5.74) is 7.76. The molecular weight excluding hydrogens is 206 g/mol. The Morgan fingerprint density at radius 2 is 2.31 bits per heavy atom. The fourth-order valence-electron chi connectivity index (χ4n) is 1.92. The number of rotatable bonds is 1. The largest absolute Gasteiger partial charge is 0.460 e. The first kappa shape index (κ1) is 8.96. The third kappa shape index (κ3) is 1.05. The molecule has 0 saturated carbocycles. The van der Waals surface area contributed by atoms with E-state index in [1.54, 1.807) is 12.4 Å². The number of hydrogen-bond acceptors (Lipinski definition) is 3. The number of primary amides is 1. The maximum absolute atomic E-state index is 11.3. The van der Waals surface area contributed by atoms with Crippen LogP contribution >= 0.6 is 0 Å². The molecule has 2 heterocycles. The molecule has 80 valence electrons. The highest BCUT2D eigenvalue weighted by Crippen LogP contribution is 2.29. The summed E-state index contributed by atoms with van der Waals surface area (Å²) in [4.78, 5) is 18.4. The number of carbonyl (C=O) groups is 1. The predicted molar refractivity (Wildman–Crippen MR) is 59.1 cm³/mol. The van der Waals surface area contributed by atoms with Gasteiger partial charge in [0.25, 0.3) is 5.91 Å². The molecule has 0 spiro atoms. The normalized spacial score (nSPS) is 11.3. The molecule has 3 rings (SSSR count). The van der Waals surface area contributed by atoms with Crippen molar-refractivity contribution in [2.24, 2.45) is 5.73 Å². The van der Waals surface area contributed by atoms with Crippen LogP contribution in [0.1, 0.15) is 16.1 Å². The molecule has 1 aromatic carbocycles. The van der Waals surface area contributed by atoms with Crippen LogP contribution in [0.3, 0.4) is 0 Å². The van der Waals surface area contributed by atoms with Crippen molar-refractivity contribution < 1.29 is 9.21 Å². The Labute approximate surface area is 90.2 Å². The molecular formula is C11H9N3O2. The Morgan fingerprint density at radius 1 is 1.50 bits per heavy atom. The molecule has 0 saturated heterocycles. The first-order valence-corrected chi connectivity index (χ1v) is 4.83. The molecule has 0 fully saturated rings. The molecule has 0 radical (unpaired) electrons. The lowest BCUT2D eigenvalue weighted by atomic mass is 10.1. The van der Waals surface area contributed by atoms with Gasteiger partial charge in [0.05, 0.1) is 22.9 Å². The SMILES string of the molecule is Cc1cc2c(o1)c(C(N)=O)cc1nc[nH]c12. The quantitative estimate of drug-likeness (QED) is 0.648. The Hall–Kier alpha value is -2.30. The van der Waals surface area contributed by atoms with E-state index < -0.39 is 5.91 Å². The molecule has 0 bridgehead atoms. The highest BCUT2D eigenvalue weighted by atomic mass is 16.3. The summed E-state index contributed by atoms with van der Waals surface area (Å²) in [7, 11) is 0. The van der Waals surface area contributed by atoms with Crippen molar-refractivity contribution in [1.29, 1.82) is 0 Å². The molecule has 5 nitrogen and oxygen atoms in total. The number of H-pyrrole nitrogens is 1. The molecule has 0 aliphatic rings. The second kappa shape index (κ2) is 2.85. The molecule has 1 amide bonds. The van der Waals surface area contributed by atoms with Crippen LogP contribution in [0.15, 0.2) is 22.9 Å². The van der Waals surface area contributed by atoms with Crippen LogP contribution in [-0.4, -0.2) is 15.9 Å². The lowest BCUT2D eigenvalue weighted by Crippen LogP contribution is -2.11. The van der Waals surface area contributed by atoms with E-state index in [0.717, 1.165) is 16.7 Å². The number of fused-ring (bicyclic) bond motifs is 3. The van der Waals surface area contributed by atoms with Crippen molar-refractivity contribution in [3.8, 4) is 0 Å². The van der Waals surface area contributed by atoms with Gasteiger partial charge in [-0.15, -0.1) is 0 Å². The number of amides is 1. The molecule has 2 aromatic heterocycles. The monoisotopic (exact) mass is 215 g/mol. The fourth-order valence-corrected chi connectivity index (χ4v) is 1.92. The molecule has 0 aliphatic carbocycles. The Balaban J connectivity index is 2.59. The number of aromatic nitrogens is 2. The third-order valence-corrected chi connectivity index (χ3v) is 2.58. The number of imidazole rings is 1. The van der Waals surface area contributed by atoms with Crippen LogP contribution < -0.4 is 5.73 Å². The molecule has 5 heteroatoms. The van der Waals surface area contributed by atoms with Crippen molar-refractivity contribution in [3.05, 3.63) is 29.8 Å². The lowest BCUT2D eigenvalue weighted by molar-refractivity contribution is 0.100. The number of nitrogens with one attached hydrogen (secondary N) is 1. The van der Waals surface area contributed by atoms with Gasteiger partial charge < -0.3 is 15.1 Å². The standard InChI is InChI=1S/C11H9N3O2/c1-5-2-6-9-8(13-4-14-9)3-7(11(12)15)10(6)16-5/h2-4H,1H3,(H2,12,15)(H,13,14). The van der Waals surface area contributed by atoms with Crippen molar-refractivity contribution in [1.82, 2.24) is 9.97 Å². The van der Waals surface area contributed by atoms with Crippen molar-refractivity contribution >= 4 is 27.9 Å². The summed E-state index contributed by atoms with van der Waals surface area (Å²) >= 11 is 0. The van der Waals surface area contributed by atoms with Gasteiger partial charge >= 0.3 is 0 Å². The van der Waals surface area contributed by atoms with E-state index in [1.165, 1.54) is 0 Å². The van der Waals surface area contributed by atoms with Crippen LogP contribution in [0.4, 0.5) is 0 Å². The van der Waals surface area contributed by atoms with E-state index in [0.29, 0.717) is 16.7 Å². The second-order valence-corrected chi connectivity index (χ2v) is 3.68. The van der Waals surface area contributed by atoms with Crippen molar-refractivity contribution in [3.63, 3.8) is 0 Å². The van der Waals surface area contributed by atoms with Gasteiger partial charge in [0, 0.05) is 5.39 Å². The highest BCUT2D eigenvalue weighted by molar-refractivity contribution is 6.13. The lowest BCUT2D eigenvalue weighted by Gasteiger charge is -1.97. The number of nitrogens with zero attached hydrogens (tertiary/aromatic N) is 1. The van der Waals surface area contributed by atoms with E-state index in [4.69, 9.17) is 10.2 Å². The van der Waals surface area contributed by atoms with Crippen molar-refractivity contribution in [2.45, 2.75) is 6.92 Å². The second-order valence-electron chi connectivity index (χ2n) is 3.68. The van der Waals surface area contributed by atoms with Gasteiger partial charge in [0.1, 0.15) is 11.3 Å². The number of aryl methyl sites for hydroxylation is 1. The zero-order valence-electron chi connectivity index (χ0n) is 8.57.